The molecule has 11 nitrogen and oxygen atoms in total. The van der Waals surface area contributed by atoms with Crippen molar-refractivity contribution in [1.29, 1.82) is 0 Å². The number of primary sulfonamides is 1. The number of amides is 1. The molecule has 3 aromatic carbocycles. The quantitative estimate of drug-likeness (QED) is 0.257. The molecular weight excluding hydrogens is 586 g/mol. The molecule has 4 aromatic rings. The molecule has 1 aliphatic carbocycles. The number of carbonyl (C=O) groups excluding carboxylic acids is 2. The number of sulfonamides is 1. The van der Waals surface area contributed by atoms with Crippen LogP contribution in [0.4, 0.5) is 5.69 Å². The maximum Gasteiger partial charge on any atom is 0.339 e. The number of fused-ring (bicyclic) bond motifs is 2. The van der Waals surface area contributed by atoms with Crippen LogP contribution in [0.3, 0.4) is 0 Å². The van der Waals surface area contributed by atoms with Gasteiger partial charge in [0.05, 0.1) is 43.0 Å². The molecule has 1 aliphatic rings. The molecule has 1 heterocycles. The number of hydrogen-bond acceptors (Lipinski definition) is 9. The lowest BCUT2D eigenvalue weighted by Gasteiger charge is -2.22. The van der Waals surface area contributed by atoms with Crippen molar-refractivity contribution in [2.75, 3.05) is 33.3 Å². The topological polar surface area (TPSA) is 156 Å². The van der Waals surface area contributed by atoms with E-state index in [1.807, 2.05) is 42.5 Å². The van der Waals surface area contributed by atoms with Crippen LogP contribution >= 0.6 is 0 Å². The summed E-state index contributed by atoms with van der Waals surface area (Å²) in [4.78, 5) is 31.0. The Balaban J connectivity index is 1.45. The van der Waals surface area contributed by atoms with Crippen molar-refractivity contribution in [2.24, 2.45) is 5.14 Å². The van der Waals surface area contributed by atoms with E-state index in [-0.39, 0.29) is 4.90 Å². The number of benzene rings is 3. The second-order valence-electron chi connectivity index (χ2n) is 10.0. The summed E-state index contributed by atoms with van der Waals surface area (Å²) >= 11 is 0. The largest absolute Gasteiger partial charge is 0.493 e. The minimum atomic E-state index is -3.86. The van der Waals surface area contributed by atoms with Gasteiger partial charge in [0.15, 0.2) is 18.1 Å². The number of pyridine rings is 1. The molecule has 5 rings (SSSR count). The number of aromatic nitrogens is 1. The van der Waals surface area contributed by atoms with E-state index < -0.39 is 28.5 Å². The Bertz CT molecular complexity index is 1860. The first-order valence-corrected chi connectivity index (χ1v) is 15.2. The number of anilines is 1. The lowest BCUT2D eigenvalue weighted by molar-refractivity contribution is -0.119. The fraction of sp³-hybridized carbons (Fsp3) is 0.219. The number of para-hydroxylation sites is 1. The summed E-state index contributed by atoms with van der Waals surface area (Å²) in [7, 11) is 0.792. The van der Waals surface area contributed by atoms with Gasteiger partial charge < -0.3 is 24.3 Å². The van der Waals surface area contributed by atoms with E-state index in [1.54, 1.807) is 21.3 Å². The first-order valence-electron chi connectivity index (χ1n) is 13.6. The van der Waals surface area contributed by atoms with Crippen molar-refractivity contribution in [2.45, 2.75) is 24.2 Å². The molecule has 0 unspecified atom stereocenters. The fourth-order valence-corrected chi connectivity index (χ4v) is 5.74. The van der Waals surface area contributed by atoms with Crippen molar-refractivity contribution in [3.8, 4) is 17.2 Å². The molecule has 0 atom stereocenters. The maximum absolute atomic E-state index is 13.6. The number of esters is 1. The van der Waals surface area contributed by atoms with Gasteiger partial charge in [0, 0.05) is 11.1 Å². The predicted octanol–water partition coefficient (Wildman–Crippen LogP) is 4.58. The van der Waals surface area contributed by atoms with Gasteiger partial charge in [-0.15, -0.1) is 0 Å². The van der Waals surface area contributed by atoms with Gasteiger partial charge in [0.1, 0.15) is 0 Å². The Morgan fingerprint density at radius 1 is 0.955 bits per heavy atom. The van der Waals surface area contributed by atoms with Crippen LogP contribution in [0.2, 0.25) is 0 Å². The average molecular weight is 618 g/mol. The Kier molecular flexibility index (Phi) is 8.83. The number of carbonyl (C=O) groups is 2. The summed E-state index contributed by atoms with van der Waals surface area (Å²) in [6, 6.07) is 16.3. The van der Waals surface area contributed by atoms with Crippen LogP contribution in [-0.2, 0) is 26.0 Å². The van der Waals surface area contributed by atoms with Crippen LogP contribution in [0, 0.1) is 0 Å². The molecule has 0 aliphatic heterocycles. The van der Waals surface area contributed by atoms with Gasteiger partial charge in [0.25, 0.3) is 5.91 Å². The second kappa shape index (κ2) is 12.7. The molecule has 12 heteroatoms. The van der Waals surface area contributed by atoms with Crippen molar-refractivity contribution in [1.82, 2.24) is 4.98 Å². The maximum atomic E-state index is 13.6. The first kappa shape index (κ1) is 30.5. The second-order valence-corrected chi connectivity index (χ2v) is 11.6. The molecule has 0 saturated heterocycles. The van der Waals surface area contributed by atoms with E-state index in [9.17, 15) is 18.0 Å². The third-order valence-electron chi connectivity index (χ3n) is 7.20. The summed E-state index contributed by atoms with van der Waals surface area (Å²) in [6.07, 6.45) is 4.11. The molecule has 0 saturated carbocycles. The van der Waals surface area contributed by atoms with Gasteiger partial charge in [-0.1, -0.05) is 18.2 Å². The molecule has 0 fully saturated rings. The van der Waals surface area contributed by atoms with E-state index in [2.05, 4.69) is 5.32 Å². The van der Waals surface area contributed by atoms with Crippen LogP contribution in [0.5, 0.6) is 17.2 Å². The number of nitrogens with zero attached hydrogens (tertiary/aromatic N) is 1. The summed E-state index contributed by atoms with van der Waals surface area (Å²) in [5.41, 5.74) is 4.50. The van der Waals surface area contributed by atoms with Gasteiger partial charge in [-0.25, -0.2) is 23.3 Å². The van der Waals surface area contributed by atoms with Gasteiger partial charge in [-0.05, 0) is 84.5 Å². The standard InChI is InChI=1S/C32H31N3O8S/c1-40-26-16-19(17-27(41-2)31(26)42-3)15-20-7-6-9-24-29(23-8-4-5-10-25(23)35-30(20)24)32(37)43-18-28(36)34-21-11-13-22(14-12-21)44(33,38)39/h4-5,8,10-17H,6-7,9,18H2,1-3H3,(H,34,36)(H2,33,38,39)/b20-15-. The molecule has 228 valence electrons. The van der Waals surface area contributed by atoms with Gasteiger partial charge >= 0.3 is 5.97 Å². The zero-order valence-corrected chi connectivity index (χ0v) is 25.2. The number of methoxy groups -OCH3 is 3. The molecule has 1 aromatic heterocycles. The molecular formula is C32H31N3O8S. The van der Waals surface area contributed by atoms with Crippen LogP contribution in [-0.4, -0.2) is 53.2 Å². The normalized spacial score (nSPS) is 13.7. The van der Waals surface area contributed by atoms with E-state index in [0.29, 0.717) is 51.5 Å². The third kappa shape index (κ3) is 6.36. The monoisotopic (exact) mass is 617 g/mol. The number of hydrogen-bond donors (Lipinski definition) is 2. The number of rotatable bonds is 9. The highest BCUT2D eigenvalue weighted by molar-refractivity contribution is 7.89. The van der Waals surface area contributed by atoms with E-state index in [0.717, 1.165) is 29.5 Å². The summed E-state index contributed by atoms with van der Waals surface area (Å²) < 4.78 is 44.9. The average Bonchev–Trinajstić information content (AvgIpc) is 3.02. The number of ether oxygens (including phenoxy) is 4. The Hall–Kier alpha value is -4.94. The molecule has 0 radical (unpaired) electrons. The SMILES string of the molecule is COc1cc(/C=C2/CCCc3c2nc2ccccc2c3C(=O)OCC(=O)Nc2ccc(S(N)(=O)=O)cc2)cc(OC)c1OC. The van der Waals surface area contributed by atoms with Crippen LogP contribution in [0.15, 0.2) is 65.6 Å². The Morgan fingerprint density at radius 2 is 1.64 bits per heavy atom. The third-order valence-corrected chi connectivity index (χ3v) is 8.13. The lowest BCUT2D eigenvalue weighted by atomic mass is 9.86. The van der Waals surface area contributed by atoms with E-state index in [4.69, 9.17) is 29.1 Å². The fourth-order valence-electron chi connectivity index (χ4n) is 5.22. The highest BCUT2D eigenvalue weighted by Crippen LogP contribution is 2.41. The molecule has 1 amide bonds. The minimum absolute atomic E-state index is 0.0880. The Labute approximate surface area is 254 Å². The zero-order chi connectivity index (χ0) is 31.4. The van der Waals surface area contributed by atoms with Crippen LogP contribution in [0.25, 0.3) is 22.6 Å². The van der Waals surface area contributed by atoms with Crippen molar-refractivity contribution >= 4 is 50.1 Å². The molecule has 44 heavy (non-hydrogen) atoms. The smallest absolute Gasteiger partial charge is 0.339 e. The highest BCUT2D eigenvalue weighted by Gasteiger charge is 2.27. The first-order chi connectivity index (χ1) is 21.1. The predicted molar refractivity (Wildman–Crippen MR) is 165 cm³/mol. The summed E-state index contributed by atoms with van der Waals surface area (Å²) in [6.45, 7) is -0.546. The van der Waals surface area contributed by atoms with Crippen LogP contribution < -0.4 is 24.7 Å². The number of allylic oxidation sites excluding steroid dienone is 1. The van der Waals surface area contributed by atoms with Gasteiger partial charge in [-0.3, -0.25) is 4.79 Å². The van der Waals surface area contributed by atoms with E-state index >= 15 is 0 Å². The van der Waals surface area contributed by atoms with E-state index in [1.165, 1.54) is 24.3 Å². The molecule has 0 bridgehead atoms. The minimum Gasteiger partial charge on any atom is -0.493 e. The Morgan fingerprint density at radius 3 is 2.27 bits per heavy atom. The number of nitrogens with one attached hydrogen (secondary N) is 1. The van der Waals surface area contributed by atoms with Gasteiger partial charge in [0.2, 0.25) is 15.8 Å². The summed E-state index contributed by atoms with van der Waals surface area (Å²) in [5.74, 6) is 0.290. The lowest BCUT2D eigenvalue weighted by Crippen LogP contribution is -2.22. The van der Waals surface area contributed by atoms with Crippen LogP contribution in [0.1, 0.15) is 40.0 Å². The summed E-state index contributed by atoms with van der Waals surface area (Å²) in [5, 5.41) is 8.33. The molecule has 3 N–H and O–H groups in total. The number of nitrogens with two attached hydrogens (primary N) is 1. The molecule has 0 spiro atoms. The highest BCUT2D eigenvalue weighted by atomic mass is 32.2. The van der Waals surface area contributed by atoms with Crippen molar-refractivity contribution < 1.29 is 37.0 Å². The van der Waals surface area contributed by atoms with Crippen molar-refractivity contribution in [3.05, 3.63) is 83.0 Å². The zero-order valence-electron chi connectivity index (χ0n) is 24.4. The van der Waals surface area contributed by atoms with Gasteiger partial charge in [-0.2, -0.15) is 0 Å². The van der Waals surface area contributed by atoms with Crippen molar-refractivity contribution in [3.63, 3.8) is 0 Å².